The molecule has 0 saturated carbocycles. The van der Waals surface area contributed by atoms with Gasteiger partial charge < -0.3 is 9.64 Å². The van der Waals surface area contributed by atoms with Crippen LogP contribution in [0.4, 0.5) is 0 Å². The fraction of sp³-hybridized carbons (Fsp3) is 0.467. The molecule has 1 amide bonds. The molecule has 0 aromatic heterocycles. The van der Waals surface area contributed by atoms with Crippen LogP contribution in [-0.4, -0.2) is 30.6 Å². The Bertz CT molecular complexity index is 489. The lowest BCUT2D eigenvalue weighted by molar-refractivity contribution is -0.135. The number of benzene rings is 1. The Kier molecular flexibility index (Phi) is 5.08. The molecular formula is C15H20N2O2. The van der Waals surface area contributed by atoms with Crippen molar-refractivity contribution in [3.63, 3.8) is 0 Å². The van der Waals surface area contributed by atoms with Gasteiger partial charge in [-0.05, 0) is 31.5 Å². The highest BCUT2D eigenvalue weighted by Crippen LogP contribution is 2.15. The Morgan fingerprint density at radius 2 is 2.16 bits per heavy atom. The molecule has 4 nitrogen and oxygen atoms in total. The van der Waals surface area contributed by atoms with Gasteiger partial charge in [-0.1, -0.05) is 12.1 Å². The molecule has 0 heterocycles. The zero-order valence-electron chi connectivity index (χ0n) is 11.9. The minimum atomic E-state index is -0.458. The van der Waals surface area contributed by atoms with Gasteiger partial charge in [0.05, 0.1) is 23.7 Å². The number of methoxy groups -OCH3 is 1. The fourth-order valence-corrected chi connectivity index (χ4v) is 1.67. The molecule has 0 fully saturated rings. The van der Waals surface area contributed by atoms with Gasteiger partial charge in [-0.3, -0.25) is 4.79 Å². The lowest BCUT2D eigenvalue weighted by Gasteiger charge is -2.25. The molecule has 102 valence electrons. The summed E-state index contributed by atoms with van der Waals surface area (Å²) >= 11 is 0. The van der Waals surface area contributed by atoms with Crippen molar-refractivity contribution in [2.75, 3.05) is 14.2 Å². The number of hydrogen-bond acceptors (Lipinski definition) is 3. The molecule has 0 radical (unpaired) electrons. The summed E-state index contributed by atoms with van der Waals surface area (Å²) in [7, 11) is 3.36. The van der Waals surface area contributed by atoms with Crippen LogP contribution in [0.15, 0.2) is 24.3 Å². The summed E-state index contributed by atoms with van der Waals surface area (Å²) in [4.78, 5) is 13.7. The van der Waals surface area contributed by atoms with Crippen LogP contribution in [0.25, 0.3) is 0 Å². The molecule has 0 aliphatic heterocycles. The first kappa shape index (κ1) is 15.2. The van der Waals surface area contributed by atoms with E-state index in [-0.39, 0.29) is 5.91 Å². The second kappa shape index (κ2) is 6.35. The summed E-state index contributed by atoms with van der Waals surface area (Å²) in [5.74, 6) is 0.0224. The summed E-state index contributed by atoms with van der Waals surface area (Å²) in [6, 6.07) is 9.37. The van der Waals surface area contributed by atoms with Gasteiger partial charge in [0.25, 0.3) is 0 Å². The van der Waals surface area contributed by atoms with Gasteiger partial charge in [0.1, 0.15) is 0 Å². The predicted octanol–water partition coefficient (Wildman–Crippen LogP) is 2.33. The van der Waals surface area contributed by atoms with Crippen molar-refractivity contribution in [1.82, 2.24) is 4.90 Å². The molecule has 1 aromatic rings. The van der Waals surface area contributed by atoms with Gasteiger partial charge in [0.2, 0.25) is 5.91 Å². The van der Waals surface area contributed by atoms with E-state index >= 15 is 0 Å². The van der Waals surface area contributed by atoms with Crippen LogP contribution in [0.3, 0.4) is 0 Å². The van der Waals surface area contributed by atoms with Crippen LogP contribution < -0.4 is 0 Å². The average molecular weight is 260 g/mol. The number of carbonyl (C=O) groups is 1. The average Bonchev–Trinajstić information content (AvgIpc) is 2.38. The van der Waals surface area contributed by atoms with Crippen LogP contribution in [0, 0.1) is 11.3 Å². The number of carbonyl (C=O) groups excluding carboxylic acids is 1. The summed E-state index contributed by atoms with van der Waals surface area (Å²) < 4.78 is 5.25. The Morgan fingerprint density at radius 3 is 2.74 bits per heavy atom. The zero-order valence-corrected chi connectivity index (χ0v) is 11.9. The third-order valence-corrected chi connectivity index (χ3v) is 3.03. The van der Waals surface area contributed by atoms with Crippen LogP contribution in [0.2, 0.25) is 0 Å². The summed E-state index contributed by atoms with van der Waals surface area (Å²) in [6.45, 7) is 4.26. The van der Waals surface area contributed by atoms with Crippen molar-refractivity contribution in [1.29, 1.82) is 5.26 Å². The maximum Gasteiger partial charge on any atom is 0.225 e. The van der Waals surface area contributed by atoms with Crippen molar-refractivity contribution in [2.24, 2.45) is 0 Å². The first-order chi connectivity index (χ1) is 8.88. The van der Waals surface area contributed by atoms with E-state index in [2.05, 4.69) is 6.07 Å². The lowest BCUT2D eigenvalue weighted by atomic mass is 10.0. The number of hydrogen-bond donors (Lipinski definition) is 0. The minimum Gasteiger partial charge on any atom is -0.378 e. The SMILES string of the molecule is COC(C)(C)CC(=O)N(C)Cc1cccc(C#N)c1. The first-order valence-corrected chi connectivity index (χ1v) is 6.16. The standard InChI is InChI=1S/C15H20N2O2/c1-15(2,19-4)9-14(18)17(3)11-13-7-5-6-12(8-13)10-16/h5-8H,9,11H2,1-4H3. The van der Waals surface area contributed by atoms with E-state index in [1.165, 1.54) is 0 Å². The van der Waals surface area contributed by atoms with Gasteiger partial charge in [0, 0.05) is 20.7 Å². The quantitative estimate of drug-likeness (QED) is 0.816. The van der Waals surface area contributed by atoms with Gasteiger partial charge in [-0.15, -0.1) is 0 Å². The topological polar surface area (TPSA) is 53.3 Å². The summed E-state index contributed by atoms with van der Waals surface area (Å²) in [5, 5.41) is 8.84. The molecule has 0 N–H and O–H groups in total. The van der Waals surface area contributed by atoms with Crippen molar-refractivity contribution >= 4 is 5.91 Å². The summed E-state index contributed by atoms with van der Waals surface area (Å²) in [6.07, 6.45) is 0.331. The fourth-order valence-electron chi connectivity index (χ4n) is 1.67. The maximum atomic E-state index is 12.1. The highest BCUT2D eigenvalue weighted by molar-refractivity contribution is 5.76. The predicted molar refractivity (Wildman–Crippen MR) is 73.3 cm³/mol. The molecule has 0 bridgehead atoms. The zero-order chi connectivity index (χ0) is 14.5. The maximum absolute atomic E-state index is 12.1. The molecule has 0 atom stereocenters. The van der Waals surface area contributed by atoms with E-state index in [1.807, 2.05) is 26.0 Å². The smallest absolute Gasteiger partial charge is 0.225 e. The Labute approximate surface area is 114 Å². The van der Waals surface area contributed by atoms with Crippen molar-refractivity contribution < 1.29 is 9.53 Å². The van der Waals surface area contributed by atoms with E-state index in [0.29, 0.717) is 18.5 Å². The molecule has 0 aliphatic carbocycles. The Hall–Kier alpha value is -1.86. The number of rotatable bonds is 5. The Morgan fingerprint density at radius 1 is 1.47 bits per heavy atom. The molecule has 0 saturated heterocycles. The van der Waals surface area contributed by atoms with E-state index in [1.54, 1.807) is 31.2 Å². The molecule has 0 unspecified atom stereocenters. The van der Waals surface area contributed by atoms with Crippen molar-refractivity contribution in [2.45, 2.75) is 32.4 Å². The molecular weight excluding hydrogens is 240 g/mol. The van der Waals surface area contributed by atoms with E-state index in [0.717, 1.165) is 5.56 Å². The molecule has 1 rings (SSSR count). The van der Waals surface area contributed by atoms with Crippen molar-refractivity contribution in [3.05, 3.63) is 35.4 Å². The van der Waals surface area contributed by atoms with E-state index in [9.17, 15) is 4.79 Å². The third kappa shape index (κ3) is 4.72. The molecule has 0 aliphatic rings. The number of nitriles is 1. The van der Waals surface area contributed by atoms with Crippen LogP contribution in [0.1, 0.15) is 31.4 Å². The second-order valence-electron chi connectivity index (χ2n) is 5.20. The first-order valence-electron chi connectivity index (χ1n) is 6.16. The minimum absolute atomic E-state index is 0.0224. The number of amides is 1. The van der Waals surface area contributed by atoms with Gasteiger partial charge in [0.15, 0.2) is 0 Å². The highest BCUT2D eigenvalue weighted by Gasteiger charge is 2.23. The molecule has 1 aromatic carbocycles. The molecule has 4 heteroatoms. The highest BCUT2D eigenvalue weighted by atomic mass is 16.5. The van der Waals surface area contributed by atoms with Crippen LogP contribution in [0.5, 0.6) is 0 Å². The van der Waals surface area contributed by atoms with Gasteiger partial charge in [-0.25, -0.2) is 0 Å². The third-order valence-electron chi connectivity index (χ3n) is 3.03. The second-order valence-corrected chi connectivity index (χ2v) is 5.20. The normalized spacial score (nSPS) is 10.9. The number of ether oxygens (including phenoxy) is 1. The summed E-state index contributed by atoms with van der Waals surface area (Å²) in [5.41, 5.74) is 1.10. The lowest BCUT2D eigenvalue weighted by Crippen LogP contribution is -2.34. The van der Waals surface area contributed by atoms with Crippen LogP contribution in [-0.2, 0) is 16.1 Å². The molecule has 19 heavy (non-hydrogen) atoms. The Balaban J connectivity index is 2.66. The van der Waals surface area contributed by atoms with Gasteiger partial charge >= 0.3 is 0 Å². The van der Waals surface area contributed by atoms with Crippen LogP contribution >= 0.6 is 0 Å². The van der Waals surface area contributed by atoms with Gasteiger partial charge in [-0.2, -0.15) is 5.26 Å². The monoisotopic (exact) mass is 260 g/mol. The van der Waals surface area contributed by atoms with E-state index < -0.39 is 5.60 Å². The number of nitrogens with zero attached hydrogens (tertiary/aromatic N) is 2. The van der Waals surface area contributed by atoms with Crippen molar-refractivity contribution in [3.8, 4) is 6.07 Å². The van der Waals surface area contributed by atoms with E-state index in [4.69, 9.17) is 10.00 Å². The largest absolute Gasteiger partial charge is 0.378 e. The molecule has 0 spiro atoms.